The van der Waals surface area contributed by atoms with E-state index in [4.69, 9.17) is 0 Å². The third kappa shape index (κ3) is 5.01. The highest BCUT2D eigenvalue weighted by Crippen LogP contribution is 2.27. The van der Waals surface area contributed by atoms with Gasteiger partial charge in [-0.15, -0.1) is 0 Å². The molecule has 0 radical (unpaired) electrons. The van der Waals surface area contributed by atoms with E-state index in [9.17, 15) is 4.79 Å². The summed E-state index contributed by atoms with van der Waals surface area (Å²) in [4.78, 5) is 20.2. The van der Waals surface area contributed by atoms with Gasteiger partial charge in [0.1, 0.15) is 11.6 Å². The molecule has 3 rings (SSSR count). The summed E-state index contributed by atoms with van der Waals surface area (Å²) in [5, 5.41) is 13.4. The van der Waals surface area contributed by atoms with Crippen molar-refractivity contribution in [2.24, 2.45) is 5.92 Å². The summed E-state index contributed by atoms with van der Waals surface area (Å²) >= 11 is 0. The molecule has 0 bridgehead atoms. The van der Waals surface area contributed by atoms with E-state index in [1.165, 1.54) is 0 Å². The predicted octanol–water partition coefficient (Wildman–Crippen LogP) is 2.80. The minimum Gasteiger partial charge on any atom is -0.354 e. The molecular weight excluding hydrogens is 316 g/mol. The molecule has 1 saturated carbocycles. The molecule has 134 valence electrons. The number of anilines is 2. The molecule has 3 N–H and O–H groups in total. The fourth-order valence-corrected chi connectivity index (χ4v) is 3.51. The third-order valence-corrected chi connectivity index (χ3v) is 4.61. The van der Waals surface area contributed by atoms with Crippen LogP contribution in [-0.4, -0.2) is 32.1 Å². The molecule has 1 amide bonds. The molecule has 2 aromatic heterocycles. The highest BCUT2D eigenvalue weighted by molar-refractivity contribution is 5.73. The van der Waals surface area contributed by atoms with Crippen molar-refractivity contribution in [1.82, 2.24) is 25.5 Å². The predicted molar refractivity (Wildman–Crippen MR) is 96.6 cm³/mol. The molecule has 0 atom stereocenters. The Kier molecular flexibility index (Phi) is 5.31. The summed E-state index contributed by atoms with van der Waals surface area (Å²) in [6, 6.07) is 4.29. The zero-order valence-corrected chi connectivity index (χ0v) is 15.1. The van der Waals surface area contributed by atoms with Gasteiger partial charge in [-0.25, -0.2) is 9.97 Å². The summed E-state index contributed by atoms with van der Waals surface area (Å²) in [7, 11) is 0. The second kappa shape index (κ2) is 7.63. The van der Waals surface area contributed by atoms with Gasteiger partial charge < -0.3 is 10.6 Å². The summed E-state index contributed by atoms with van der Waals surface area (Å²) in [5.41, 5.74) is 2.06. The van der Waals surface area contributed by atoms with Crippen LogP contribution in [-0.2, 0) is 11.2 Å². The van der Waals surface area contributed by atoms with Crippen molar-refractivity contribution in [3.05, 3.63) is 29.3 Å². The average molecular weight is 342 g/mol. The lowest BCUT2D eigenvalue weighted by Crippen LogP contribution is -2.36. The maximum atomic E-state index is 11.2. The number of hydrogen-bond donors (Lipinski definition) is 3. The Bertz CT molecular complexity index is 733. The number of nitrogens with zero attached hydrogens (tertiary/aromatic N) is 3. The fourth-order valence-electron chi connectivity index (χ4n) is 3.51. The molecule has 1 aliphatic rings. The van der Waals surface area contributed by atoms with Crippen LogP contribution in [0.15, 0.2) is 12.1 Å². The van der Waals surface area contributed by atoms with Crippen molar-refractivity contribution in [3.63, 3.8) is 0 Å². The topological polar surface area (TPSA) is 95.6 Å². The largest absolute Gasteiger partial charge is 0.354 e. The molecule has 0 aromatic carbocycles. The first-order chi connectivity index (χ1) is 12.0. The van der Waals surface area contributed by atoms with Gasteiger partial charge in [0, 0.05) is 36.5 Å². The Morgan fingerprint density at radius 2 is 1.92 bits per heavy atom. The molecule has 2 heterocycles. The molecule has 7 nitrogen and oxygen atoms in total. The summed E-state index contributed by atoms with van der Waals surface area (Å²) in [6.07, 6.45) is 5.28. The minimum absolute atomic E-state index is 0.0687. The van der Waals surface area contributed by atoms with Gasteiger partial charge in [-0.3, -0.25) is 9.89 Å². The van der Waals surface area contributed by atoms with Gasteiger partial charge in [-0.2, -0.15) is 5.10 Å². The molecule has 2 aromatic rings. The van der Waals surface area contributed by atoms with Crippen LogP contribution in [0.25, 0.3) is 0 Å². The number of amides is 1. The van der Waals surface area contributed by atoms with Gasteiger partial charge in [0.2, 0.25) is 5.91 Å². The SMILES string of the molecule is CC(=O)NC1CCC(Cc2cc(Nc3cc(C)[nH]n3)nc(C)n2)CC1. The molecule has 7 heteroatoms. The van der Waals surface area contributed by atoms with E-state index in [2.05, 4.69) is 30.8 Å². The lowest BCUT2D eigenvalue weighted by Gasteiger charge is -2.28. The van der Waals surface area contributed by atoms with Crippen LogP contribution >= 0.6 is 0 Å². The van der Waals surface area contributed by atoms with E-state index in [0.29, 0.717) is 12.0 Å². The van der Waals surface area contributed by atoms with Crippen LogP contribution in [0.1, 0.15) is 49.8 Å². The first-order valence-electron chi connectivity index (χ1n) is 8.88. The van der Waals surface area contributed by atoms with Crippen molar-refractivity contribution in [3.8, 4) is 0 Å². The van der Waals surface area contributed by atoms with Crippen molar-refractivity contribution in [2.75, 3.05) is 5.32 Å². The first kappa shape index (κ1) is 17.4. The smallest absolute Gasteiger partial charge is 0.217 e. The highest BCUT2D eigenvalue weighted by Gasteiger charge is 2.22. The van der Waals surface area contributed by atoms with E-state index in [0.717, 1.165) is 61.0 Å². The summed E-state index contributed by atoms with van der Waals surface area (Å²) in [6.45, 7) is 5.47. The van der Waals surface area contributed by atoms with Crippen LogP contribution in [0.3, 0.4) is 0 Å². The van der Waals surface area contributed by atoms with Gasteiger partial charge in [0.25, 0.3) is 0 Å². The number of aromatic amines is 1. The summed E-state index contributed by atoms with van der Waals surface area (Å²) < 4.78 is 0. The van der Waals surface area contributed by atoms with Crippen LogP contribution in [0, 0.1) is 19.8 Å². The van der Waals surface area contributed by atoms with Gasteiger partial charge in [-0.1, -0.05) is 0 Å². The van der Waals surface area contributed by atoms with Crippen molar-refractivity contribution in [2.45, 2.75) is 58.9 Å². The van der Waals surface area contributed by atoms with E-state index < -0.39 is 0 Å². The van der Waals surface area contributed by atoms with Crippen molar-refractivity contribution in [1.29, 1.82) is 0 Å². The lowest BCUT2D eigenvalue weighted by molar-refractivity contribution is -0.119. The van der Waals surface area contributed by atoms with Crippen LogP contribution in [0.2, 0.25) is 0 Å². The van der Waals surface area contributed by atoms with Gasteiger partial charge in [0.05, 0.1) is 0 Å². The highest BCUT2D eigenvalue weighted by atomic mass is 16.1. The Morgan fingerprint density at radius 3 is 2.56 bits per heavy atom. The van der Waals surface area contributed by atoms with Crippen LogP contribution < -0.4 is 10.6 Å². The quantitative estimate of drug-likeness (QED) is 0.776. The second-order valence-electron chi connectivity index (χ2n) is 6.98. The number of carbonyl (C=O) groups excluding carboxylic acids is 1. The average Bonchev–Trinajstić information content (AvgIpc) is 2.93. The van der Waals surface area contributed by atoms with Crippen LogP contribution in [0.4, 0.5) is 11.6 Å². The molecule has 1 aliphatic carbocycles. The number of nitrogens with one attached hydrogen (secondary N) is 3. The summed E-state index contributed by atoms with van der Waals surface area (Å²) in [5.74, 6) is 2.98. The zero-order chi connectivity index (χ0) is 17.8. The molecule has 1 fully saturated rings. The normalized spacial score (nSPS) is 20.3. The molecular formula is C18H26N6O. The van der Waals surface area contributed by atoms with Gasteiger partial charge in [-0.05, 0) is 51.9 Å². The zero-order valence-electron chi connectivity index (χ0n) is 15.1. The van der Waals surface area contributed by atoms with E-state index in [1.807, 2.05) is 26.0 Å². The second-order valence-corrected chi connectivity index (χ2v) is 6.98. The van der Waals surface area contributed by atoms with Crippen molar-refractivity contribution < 1.29 is 4.79 Å². The first-order valence-corrected chi connectivity index (χ1v) is 8.88. The number of aromatic nitrogens is 4. The number of H-pyrrole nitrogens is 1. The number of rotatable bonds is 5. The Balaban J connectivity index is 1.60. The maximum absolute atomic E-state index is 11.2. The maximum Gasteiger partial charge on any atom is 0.217 e. The van der Waals surface area contributed by atoms with E-state index in [1.54, 1.807) is 6.92 Å². The lowest BCUT2D eigenvalue weighted by atomic mass is 9.83. The van der Waals surface area contributed by atoms with Crippen molar-refractivity contribution >= 4 is 17.5 Å². The molecule has 0 unspecified atom stereocenters. The molecule has 0 saturated heterocycles. The van der Waals surface area contributed by atoms with Gasteiger partial charge >= 0.3 is 0 Å². The molecule has 0 aliphatic heterocycles. The van der Waals surface area contributed by atoms with Gasteiger partial charge in [0.15, 0.2) is 5.82 Å². The van der Waals surface area contributed by atoms with E-state index >= 15 is 0 Å². The van der Waals surface area contributed by atoms with E-state index in [-0.39, 0.29) is 5.91 Å². The Hall–Kier alpha value is -2.44. The van der Waals surface area contributed by atoms with Crippen LogP contribution in [0.5, 0.6) is 0 Å². The monoisotopic (exact) mass is 342 g/mol. The Labute approximate surface area is 148 Å². The standard InChI is InChI=1S/C18H26N6O/c1-11-8-18(24-23-11)22-17-10-16(19-12(2)20-17)9-14-4-6-15(7-5-14)21-13(3)25/h8,10,14-15H,4-7,9H2,1-3H3,(H,21,25)(H2,19,20,22,23,24). The minimum atomic E-state index is 0.0687. The molecule has 0 spiro atoms. The number of carbonyl (C=O) groups is 1. The third-order valence-electron chi connectivity index (χ3n) is 4.61. The molecule has 25 heavy (non-hydrogen) atoms. The number of aryl methyl sites for hydroxylation is 2. The Morgan fingerprint density at radius 1 is 1.16 bits per heavy atom. The fraction of sp³-hybridized carbons (Fsp3) is 0.556. The number of hydrogen-bond acceptors (Lipinski definition) is 5.